The van der Waals surface area contributed by atoms with Crippen LogP contribution in [0, 0.1) is 6.92 Å². The lowest BCUT2D eigenvalue weighted by atomic mass is 10.1. The Labute approximate surface area is 177 Å². The number of piperazine rings is 1. The molecule has 4 aromatic rings. The molecular formula is C22H20ClN3O2S. The lowest BCUT2D eigenvalue weighted by Crippen LogP contribution is -2.48. The molecule has 7 heteroatoms. The zero-order chi connectivity index (χ0) is 20.0. The van der Waals surface area contributed by atoms with Crippen molar-refractivity contribution in [1.82, 2.24) is 14.8 Å². The molecular weight excluding hydrogens is 406 g/mol. The number of carbonyl (C=O) groups excluding carboxylic acids is 1. The summed E-state index contributed by atoms with van der Waals surface area (Å²) in [6.07, 6.45) is 0. The van der Waals surface area contributed by atoms with Gasteiger partial charge in [-0.25, -0.2) is 4.98 Å². The van der Waals surface area contributed by atoms with E-state index in [1.54, 1.807) is 17.4 Å². The molecule has 29 heavy (non-hydrogen) atoms. The number of hydrogen-bond acceptors (Lipinski definition) is 5. The van der Waals surface area contributed by atoms with Crippen LogP contribution in [0.3, 0.4) is 0 Å². The second-order valence-corrected chi connectivity index (χ2v) is 8.84. The normalized spacial score (nSPS) is 15.4. The van der Waals surface area contributed by atoms with Crippen molar-refractivity contribution in [3.63, 3.8) is 0 Å². The number of halogens is 1. The topological polar surface area (TPSA) is 49.6 Å². The number of carbonyl (C=O) groups is 1. The third kappa shape index (κ3) is 3.41. The average Bonchev–Trinajstić information content (AvgIpc) is 3.29. The van der Waals surface area contributed by atoms with E-state index < -0.39 is 0 Å². The van der Waals surface area contributed by atoms with Gasteiger partial charge in [-0.3, -0.25) is 9.69 Å². The molecule has 3 heterocycles. The molecule has 0 atom stereocenters. The van der Waals surface area contributed by atoms with E-state index in [0.717, 1.165) is 41.1 Å². The number of amides is 1. The van der Waals surface area contributed by atoms with Crippen molar-refractivity contribution in [2.24, 2.45) is 0 Å². The number of fused-ring (bicyclic) bond motifs is 2. The Morgan fingerprint density at radius 2 is 1.93 bits per heavy atom. The van der Waals surface area contributed by atoms with Crippen LogP contribution in [-0.4, -0.2) is 46.9 Å². The highest BCUT2D eigenvalue weighted by molar-refractivity contribution is 7.18. The number of rotatable bonds is 3. The van der Waals surface area contributed by atoms with Gasteiger partial charge in [-0.2, -0.15) is 0 Å². The van der Waals surface area contributed by atoms with Gasteiger partial charge in [-0.15, -0.1) is 11.3 Å². The molecule has 0 bridgehead atoms. The van der Waals surface area contributed by atoms with Crippen molar-refractivity contribution in [2.75, 3.05) is 26.2 Å². The molecule has 1 amide bonds. The molecule has 148 valence electrons. The number of thiazole rings is 1. The van der Waals surface area contributed by atoms with Crippen molar-refractivity contribution in [1.29, 1.82) is 0 Å². The van der Waals surface area contributed by atoms with Crippen molar-refractivity contribution in [3.8, 4) is 0 Å². The lowest BCUT2D eigenvalue weighted by Gasteiger charge is -2.33. The molecule has 5 rings (SSSR count). The first-order valence-electron chi connectivity index (χ1n) is 9.64. The summed E-state index contributed by atoms with van der Waals surface area (Å²) >= 11 is 7.97. The maximum absolute atomic E-state index is 13.0. The van der Waals surface area contributed by atoms with Gasteiger partial charge in [0, 0.05) is 37.1 Å². The number of furan rings is 1. The second kappa shape index (κ2) is 7.44. The summed E-state index contributed by atoms with van der Waals surface area (Å²) in [5, 5.41) is 2.55. The molecule has 1 aliphatic rings. The van der Waals surface area contributed by atoms with Crippen LogP contribution in [0.4, 0.5) is 0 Å². The molecule has 2 aromatic heterocycles. The highest BCUT2D eigenvalue weighted by atomic mass is 35.5. The van der Waals surface area contributed by atoms with Crippen LogP contribution in [-0.2, 0) is 6.54 Å². The Morgan fingerprint density at radius 1 is 1.14 bits per heavy atom. The van der Waals surface area contributed by atoms with Crippen molar-refractivity contribution >= 4 is 50.0 Å². The minimum absolute atomic E-state index is 0.0607. The summed E-state index contributed by atoms with van der Waals surface area (Å²) < 4.78 is 7.07. The van der Waals surface area contributed by atoms with Gasteiger partial charge in [0.05, 0.1) is 21.8 Å². The molecule has 5 nitrogen and oxygen atoms in total. The fourth-order valence-electron chi connectivity index (χ4n) is 3.84. The minimum atomic E-state index is -0.0607. The van der Waals surface area contributed by atoms with E-state index in [4.69, 9.17) is 21.0 Å². The van der Waals surface area contributed by atoms with Gasteiger partial charge in [0.15, 0.2) is 11.3 Å². The van der Waals surface area contributed by atoms with Gasteiger partial charge in [0.25, 0.3) is 5.91 Å². The van der Waals surface area contributed by atoms with E-state index >= 15 is 0 Å². The van der Waals surface area contributed by atoms with Crippen molar-refractivity contribution in [3.05, 3.63) is 63.8 Å². The van der Waals surface area contributed by atoms with Crippen LogP contribution in [0.2, 0.25) is 5.02 Å². The quantitative estimate of drug-likeness (QED) is 0.465. The van der Waals surface area contributed by atoms with E-state index in [-0.39, 0.29) is 5.91 Å². The Hall–Kier alpha value is -2.41. The van der Waals surface area contributed by atoms with Crippen LogP contribution in [0.5, 0.6) is 0 Å². The van der Waals surface area contributed by atoms with Crippen LogP contribution < -0.4 is 0 Å². The second-order valence-electron chi connectivity index (χ2n) is 7.32. The third-order valence-electron chi connectivity index (χ3n) is 5.47. The van der Waals surface area contributed by atoms with E-state index in [9.17, 15) is 4.79 Å². The molecule has 2 aromatic carbocycles. The number of hydrogen-bond donors (Lipinski definition) is 0. The molecule has 1 fully saturated rings. The Balaban J connectivity index is 1.27. The van der Waals surface area contributed by atoms with E-state index in [2.05, 4.69) is 11.0 Å². The number of aromatic nitrogens is 1. The Kier molecular flexibility index (Phi) is 4.78. The largest absolute Gasteiger partial charge is 0.449 e. The van der Waals surface area contributed by atoms with Crippen molar-refractivity contribution < 1.29 is 9.21 Å². The number of benzene rings is 2. The molecule has 0 aliphatic carbocycles. The van der Waals surface area contributed by atoms with Gasteiger partial charge in [0.2, 0.25) is 0 Å². The fourth-order valence-corrected chi connectivity index (χ4v) is 5.07. The van der Waals surface area contributed by atoms with Gasteiger partial charge in [0.1, 0.15) is 5.01 Å². The fraction of sp³-hybridized carbons (Fsp3) is 0.273. The smallest absolute Gasteiger partial charge is 0.289 e. The molecule has 1 aliphatic heterocycles. The van der Waals surface area contributed by atoms with Gasteiger partial charge < -0.3 is 9.32 Å². The van der Waals surface area contributed by atoms with Crippen LogP contribution in [0.1, 0.15) is 21.1 Å². The molecule has 0 radical (unpaired) electrons. The third-order valence-corrected chi connectivity index (χ3v) is 6.79. The molecule has 0 unspecified atom stereocenters. The first-order valence-corrected chi connectivity index (χ1v) is 10.8. The average molecular weight is 426 g/mol. The first-order chi connectivity index (χ1) is 14.1. The van der Waals surface area contributed by atoms with E-state index in [1.165, 1.54) is 4.70 Å². The van der Waals surface area contributed by atoms with E-state index in [0.29, 0.717) is 29.5 Å². The first kappa shape index (κ1) is 18.6. The standard InChI is InChI=1S/C22H20ClN3O2S/c1-14-15-5-4-6-16(23)21(15)28-20(14)22(27)26-11-9-25(10-12-26)13-19-24-17-7-2-3-8-18(17)29-19/h2-8H,9-13H2,1H3. The summed E-state index contributed by atoms with van der Waals surface area (Å²) in [5.41, 5.74) is 2.49. The number of para-hydroxylation sites is 2. The van der Waals surface area contributed by atoms with Crippen LogP contribution in [0.25, 0.3) is 21.2 Å². The maximum atomic E-state index is 13.0. The predicted octanol–water partition coefficient (Wildman–Crippen LogP) is 4.96. The lowest BCUT2D eigenvalue weighted by molar-refractivity contribution is 0.0599. The summed E-state index contributed by atoms with van der Waals surface area (Å²) in [6, 6.07) is 13.8. The number of aryl methyl sites for hydroxylation is 1. The Morgan fingerprint density at radius 3 is 2.69 bits per heavy atom. The van der Waals surface area contributed by atoms with Gasteiger partial charge >= 0.3 is 0 Å². The molecule has 0 N–H and O–H groups in total. The number of nitrogens with zero attached hydrogens (tertiary/aromatic N) is 3. The zero-order valence-corrected chi connectivity index (χ0v) is 17.6. The molecule has 1 saturated heterocycles. The predicted molar refractivity (Wildman–Crippen MR) is 117 cm³/mol. The Bertz CT molecular complexity index is 1170. The zero-order valence-electron chi connectivity index (χ0n) is 16.0. The van der Waals surface area contributed by atoms with Crippen LogP contribution in [0.15, 0.2) is 46.9 Å². The van der Waals surface area contributed by atoms with Gasteiger partial charge in [-0.05, 0) is 25.1 Å². The molecule has 0 saturated carbocycles. The summed E-state index contributed by atoms with van der Waals surface area (Å²) in [4.78, 5) is 22.0. The van der Waals surface area contributed by atoms with E-state index in [1.807, 2.05) is 42.2 Å². The van der Waals surface area contributed by atoms with Crippen molar-refractivity contribution in [2.45, 2.75) is 13.5 Å². The minimum Gasteiger partial charge on any atom is -0.449 e. The van der Waals surface area contributed by atoms with Gasteiger partial charge in [-0.1, -0.05) is 35.9 Å². The van der Waals surface area contributed by atoms with Crippen LogP contribution >= 0.6 is 22.9 Å². The maximum Gasteiger partial charge on any atom is 0.289 e. The summed E-state index contributed by atoms with van der Waals surface area (Å²) in [6.45, 7) is 5.73. The highest BCUT2D eigenvalue weighted by Crippen LogP contribution is 2.31. The highest BCUT2D eigenvalue weighted by Gasteiger charge is 2.27. The summed E-state index contributed by atoms with van der Waals surface area (Å²) in [5.74, 6) is 0.335. The monoisotopic (exact) mass is 425 g/mol. The SMILES string of the molecule is Cc1c(C(=O)N2CCN(Cc3nc4ccccc4s3)CC2)oc2c(Cl)cccc12. The molecule has 0 spiro atoms. The summed E-state index contributed by atoms with van der Waals surface area (Å²) in [7, 11) is 0.